The van der Waals surface area contributed by atoms with Crippen LogP contribution in [0.2, 0.25) is 5.02 Å². The largest absolute Gasteiger partial charge is 0.417 e. The Hall–Kier alpha value is -3.25. The summed E-state index contributed by atoms with van der Waals surface area (Å²) in [5.41, 5.74) is -0.0549. The van der Waals surface area contributed by atoms with E-state index in [0.717, 1.165) is 12.1 Å². The van der Waals surface area contributed by atoms with Gasteiger partial charge in [0.05, 0.1) is 28.3 Å². The first-order valence-electron chi connectivity index (χ1n) is 8.40. The molecule has 0 aromatic heterocycles. The maximum Gasteiger partial charge on any atom is 0.417 e. The standard InChI is InChI=1S/C19H14ClF3N4O2/c20-14-6-5-12(7-13(14)19(21,22)23)16(11-3-1-10(8-24)2-4-11)27-17(28)15-9-25-18(29)26-15/h1-7,15-16H,9H2,(H,27,28)(H2,25,26,29)/t15-,16?/m0/s1. The zero-order valence-electron chi connectivity index (χ0n) is 14.7. The smallest absolute Gasteiger partial charge is 0.343 e. The van der Waals surface area contributed by atoms with E-state index in [4.69, 9.17) is 16.9 Å². The van der Waals surface area contributed by atoms with E-state index in [0.29, 0.717) is 11.1 Å². The first-order chi connectivity index (χ1) is 13.7. The van der Waals surface area contributed by atoms with Gasteiger partial charge >= 0.3 is 12.2 Å². The average molecular weight is 423 g/mol. The van der Waals surface area contributed by atoms with Crippen molar-refractivity contribution >= 4 is 23.5 Å². The van der Waals surface area contributed by atoms with E-state index in [1.807, 2.05) is 6.07 Å². The minimum Gasteiger partial charge on any atom is -0.343 e. The van der Waals surface area contributed by atoms with Crippen LogP contribution < -0.4 is 16.0 Å². The molecular formula is C19H14ClF3N4O2. The van der Waals surface area contributed by atoms with Gasteiger partial charge in [0, 0.05) is 6.54 Å². The van der Waals surface area contributed by atoms with Crippen molar-refractivity contribution < 1.29 is 22.8 Å². The van der Waals surface area contributed by atoms with Gasteiger partial charge in [0.15, 0.2) is 0 Å². The van der Waals surface area contributed by atoms with Gasteiger partial charge in [-0.3, -0.25) is 4.79 Å². The number of benzene rings is 2. The lowest BCUT2D eigenvalue weighted by atomic mass is 9.95. The fourth-order valence-corrected chi connectivity index (χ4v) is 3.13. The van der Waals surface area contributed by atoms with Crippen molar-refractivity contribution in [3.05, 3.63) is 69.7 Å². The highest BCUT2D eigenvalue weighted by Gasteiger charge is 2.35. The van der Waals surface area contributed by atoms with Gasteiger partial charge in [-0.2, -0.15) is 18.4 Å². The molecule has 0 bridgehead atoms. The fourth-order valence-electron chi connectivity index (χ4n) is 2.91. The van der Waals surface area contributed by atoms with Crippen LogP contribution in [0.5, 0.6) is 0 Å². The molecule has 29 heavy (non-hydrogen) atoms. The number of halogens is 4. The molecule has 0 aliphatic carbocycles. The van der Waals surface area contributed by atoms with Crippen LogP contribution in [0.1, 0.15) is 28.3 Å². The fraction of sp³-hybridized carbons (Fsp3) is 0.211. The Morgan fingerprint density at radius 3 is 2.41 bits per heavy atom. The van der Waals surface area contributed by atoms with Gasteiger partial charge in [-0.25, -0.2) is 4.79 Å². The number of carbonyl (C=O) groups is 2. The Morgan fingerprint density at radius 2 is 1.86 bits per heavy atom. The molecule has 0 spiro atoms. The first-order valence-corrected chi connectivity index (χ1v) is 8.78. The lowest BCUT2D eigenvalue weighted by molar-refractivity contribution is -0.137. The van der Waals surface area contributed by atoms with Crippen LogP contribution in [-0.2, 0) is 11.0 Å². The highest BCUT2D eigenvalue weighted by molar-refractivity contribution is 6.31. The van der Waals surface area contributed by atoms with Crippen LogP contribution in [0, 0.1) is 11.3 Å². The van der Waals surface area contributed by atoms with Crippen molar-refractivity contribution in [3.8, 4) is 6.07 Å². The van der Waals surface area contributed by atoms with Crippen molar-refractivity contribution in [2.45, 2.75) is 18.3 Å². The van der Waals surface area contributed by atoms with Gasteiger partial charge in [0.1, 0.15) is 6.04 Å². The Bertz CT molecular complexity index is 986. The molecule has 6 nitrogen and oxygen atoms in total. The van der Waals surface area contributed by atoms with Gasteiger partial charge in [-0.1, -0.05) is 29.8 Å². The van der Waals surface area contributed by atoms with E-state index in [-0.39, 0.29) is 12.1 Å². The minimum atomic E-state index is -4.67. The number of urea groups is 1. The molecule has 2 aromatic rings. The highest BCUT2D eigenvalue weighted by Crippen LogP contribution is 2.37. The normalized spacial score (nSPS) is 17.1. The van der Waals surface area contributed by atoms with Gasteiger partial charge in [0.25, 0.3) is 0 Å². The predicted molar refractivity (Wildman–Crippen MR) is 97.9 cm³/mol. The second-order valence-corrected chi connectivity index (χ2v) is 6.73. The molecule has 2 aromatic carbocycles. The van der Waals surface area contributed by atoms with Crippen LogP contribution in [0.3, 0.4) is 0 Å². The number of rotatable bonds is 4. The van der Waals surface area contributed by atoms with Gasteiger partial charge < -0.3 is 16.0 Å². The molecule has 0 saturated carbocycles. The molecule has 1 heterocycles. The second-order valence-electron chi connectivity index (χ2n) is 6.32. The van der Waals surface area contributed by atoms with Crippen LogP contribution >= 0.6 is 11.6 Å². The van der Waals surface area contributed by atoms with E-state index in [1.165, 1.54) is 30.3 Å². The third-order valence-corrected chi connectivity index (χ3v) is 4.71. The summed E-state index contributed by atoms with van der Waals surface area (Å²) in [6.45, 7) is 0.0547. The molecule has 3 rings (SSSR count). The average Bonchev–Trinajstić information content (AvgIpc) is 3.12. The van der Waals surface area contributed by atoms with E-state index in [1.54, 1.807) is 0 Å². The zero-order chi connectivity index (χ0) is 21.2. The molecule has 3 amide bonds. The number of amides is 3. The number of nitriles is 1. The molecule has 1 aliphatic heterocycles. The lowest BCUT2D eigenvalue weighted by Gasteiger charge is -2.23. The number of nitrogens with zero attached hydrogens (tertiary/aromatic N) is 1. The third kappa shape index (κ3) is 4.60. The number of carbonyl (C=O) groups excluding carboxylic acids is 2. The number of hydrogen-bond donors (Lipinski definition) is 3. The minimum absolute atomic E-state index is 0.0547. The van der Waals surface area contributed by atoms with E-state index >= 15 is 0 Å². The summed E-state index contributed by atoms with van der Waals surface area (Å²) in [7, 11) is 0. The lowest BCUT2D eigenvalue weighted by Crippen LogP contribution is -2.44. The summed E-state index contributed by atoms with van der Waals surface area (Å²) in [4.78, 5) is 23.8. The van der Waals surface area contributed by atoms with Crippen molar-refractivity contribution in [2.24, 2.45) is 0 Å². The summed E-state index contributed by atoms with van der Waals surface area (Å²) in [6.07, 6.45) is -4.67. The van der Waals surface area contributed by atoms with Crippen LogP contribution in [0.4, 0.5) is 18.0 Å². The van der Waals surface area contributed by atoms with Crippen molar-refractivity contribution in [1.29, 1.82) is 5.26 Å². The molecule has 0 radical (unpaired) electrons. The number of nitrogens with one attached hydrogen (secondary N) is 3. The number of alkyl halides is 3. The SMILES string of the molecule is N#Cc1ccc(C(NC(=O)[C@@H]2CNC(=O)N2)c2ccc(Cl)c(C(F)(F)F)c2)cc1. The zero-order valence-corrected chi connectivity index (χ0v) is 15.4. The summed E-state index contributed by atoms with van der Waals surface area (Å²) >= 11 is 5.70. The van der Waals surface area contributed by atoms with E-state index in [2.05, 4.69) is 16.0 Å². The predicted octanol–water partition coefficient (Wildman–Crippen LogP) is 3.12. The monoisotopic (exact) mass is 422 g/mol. The molecular weight excluding hydrogens is 409 g/mol. The number of hydrogen-bond acceptors (Lipinski definition) is 3. The molecule has 1 saturated heterocycles. The molecule has 1 fully saturated rings. The van der Waals surface area contributed by atoms with Gasteiger partial charge in [0.2, 0.25) is 5.91 Å². The Kier molecular flexibility index (Phi) is 5.66. The molecule has 150 valence electrons. The molecule has 2 atom stereocenters. The van der Waals surface area contributed by atoms with Crippen LogP contribution in [0.15, 0.2) is 42.5 Å². The second kappa shape index (κ2) is 8.01. The quantitative estimate of drug-likeness (QED) is 0.706. The molecule has 1 unspecified atom stereocenters. The van der Waals surface area contributed by atoms with E-state index < -0.39 is 40.8 Å². The summed E-state index contributed by atoms with van der Waals surface area (Å²) in [5, 5.41) is 16.0. The van der Waals surface area contributed by atoms with Crippen LogP contribution in [0.25, 0.3) is 0 Å². The Morgan fingerprint density at radius 1 is 1.21 bits per heavy atom. The maximum atomic E-state index is 13.3. The molecule has 10 heteroatoms. The topological polar surface area (TPSA) is 94.0 Å². The van der Waals surface area contributed by atoms with Gasteiger partial charge in [-0.15, -0.1) is 0 Å². The first kappa shape index (κ1) is 20.5. The summed E-state index contributed by atoms with van der Waals surface area (Å²) in [5.74, 6) is -0.568. The molecule has 3 N–H and O–H groups in total. The maximum absolute atomic E-state index is 13.3. The van der Waals surface area contributed by atoms with E-state index in [9.17, 15) is 22.8 Å². The summed E-state index contributed by atoms with van der Waals surface area (Å²) < 4.78 is 39.8. The molecule has 1 aliphatic rings. The summed E-state index contributed by atoms with van der Waals surface area (Å²) in [6, 6.07) is 9.06. The highest BCUT2D eigenvalue weighted by atomic mass is 35.5. The van der Waals surface area contributed by atoms with Crippen LogP contribution in [-0.4, -0.2) is 24.5 Å². The van der Waals surface area contributed by atoms with Gasteiger partial charge in [-0.05, 0) is 35.4 Å². The van der Waals surface area contributed by atoms with Crippen molar-refractivity contribution in [1.82, 2.24) is 16.0 Å². The third-order valence-electron chi connectivity index (χ3n) is 4.38. The van der Waals surface area contributed by atoms with Crippen molar-refractivity contribution in [3.63, 3.8) is 0 Å². The Balaban J connectivity index is 1.99. The Labute approximate surface area is 168 Å². The van der Waals surface area contributed by atoms with Crippen molar-refractivity contribution in [2.75, 3.05) is 6.54 Å².